The van der Waals surface area contributed by atoms with E-state index in [-0.39, 0.29) is 11.9 Å². The number of nitrogens with one attached hydrogen (secondary N) is 1. The molecule has 2 aromatic carbocycles. The first kappa shape index (κ1) is 16.7. The van der Waals surface area contributed by atoms with Crippen molar-refractivity contribution >= 4 is 39.1 Å². The lowest BCUT2D eigenvalue weighted by Crippen LogP contribution is -2.38. The van der Waals surface area contributed by atoms with Crippen LogP contribution in [0.1, 0.15) is 11.1 Å². The molecule has 0 saturated heterocycles. The van der Waals surface area contributed by atoms with Gasteiger partial charge in [-0.25, -0.2) is 4.39 Å². The number of halogens is 4. The van der Waals surface area contributed by atoms with Gasteiger partial charge in [0.25, 0.3) is 0 Å². The summed E-state index contributed by atoms with van der Waals surface area (Å²) < 4.78 is 13.8. The zero-order valence-electron chi connectivity index (χ0n) is 11.0. The van der Waals surface area contributed by atoms with Gasteiger partial charge in [-0.05, 0) is 48.2 Å². The molecule has 1 unspecified atom stereocenters. The molecule has 21 heavy (non-hydrogen) atoms. The summed E-state index contributed by atoms with van der Waals surface area (Å²) in [6.45, 7) is 0. The van der Waals surface area contributed by atoms with Crippen molar-refractivity contribution in [3.63, 3.8) is 0 Å². The molecule has 3 N–H and O–H groups in total. The number of nitrogens with two attached hydrogens (primary N) is 1. The molecule has 2 aromatic rings. The van der Waals surface area contributed by atoms with E-state index in [0.717, 1.165) is 15.6 Å². The fourth-order valence-electron chi connectivity index (χ4n) is 2.09. The van der Waals surface area contributed by atoms with Crippen molar-refractivity contribution in [2.24, 2.45) is 5.84 Å². The number of benzene rings is 2. The van der Waals surface area contributed by atoms with E-state index in [1.807, 2.05) is 12.1 Å². The monoisotopic (exact) mass is 390 g/mol. The van der Waals surface area contributed by atoms with E-state index in [2.05, 4.69) is 21.4 Å². The van der Waals surface area contributed by atoms with E-state index in [1.54, 1.807) is 12.1 Å². The van der Waals surface area contributed by atoms with Crippen molar-refractivity contribution in [3.05, 3.63) is 67.9 Å². The quantitative estimate of drug-likeness (QED) is 0.581. The number of hydrogen-bond acceptors (Lipinski definition) is 2. The maximum absolute atomic E-state index is 13.1. The van der Waals surface area contributed by atoms with Crippen molar-refractivity contribution < 1.29 is 4.39 Å². The average Bonchev–Trinajstić information content (AvgIpc) is 2.44. The van der Waals surface area contributed by atoms with Gasteiger partial charge in [-0.1, -0.05) is 51.3 Å². The zero-order valence-corrected chi connectivity index (χ0v) is 14.1. The Morgan fingerprint density at radius 2 is 1.86 bits per heavy atom. The van der Waals surface area contributed by atoms with E-state index in [9.17, 15) is 4.39 Å². The standard InChI is InChI=1S/C15H14BrCl2FN2/c16-13-8-11(19)3-2-10(13)7-12(21-20)5-9-1-4-14(17)15(18)6-9/h1-4,6,8,12,21H,5,7,20H2. The van der Waals surface area contributed by atoms with Gasteiger partial charge in [0.15, 0.2) is 0 Å². The molecule has 0 aliphatic heterocycles. The van der Waals surface area contributed by atoms with Crippen LogP contribution in [0.3, 0.4) is 0 Å². The fraction of sp³-hybridized carbons (Fsp3) is 0.200. The first-order valence-electron chi connectivity index (χ1n) is 6.33. The maximum Gasteiger partial charge on any atom is 0.124 e. The number of hydrazine groups is 1. The van der Waals surface area contributed by atoms with Crippen molar-refractivity contribution in [2.75, 3.05) is 0 Å². The van der Waals surface area contributed by atoms with Gasteiger partial charge in [-0.2, -0.15) is 0 Å². The molecule has 0 saturated carbocycles. The molecule has 0 spiro atoms. The Labute approximate surface area is 141 Å². The van der Waals surface area contributed by atoms with E-state index >= 15 is 0 Å². The second-order valence-electron chi connectivity index (χ2n) is 4.76. The van der Waals surface area contributed by atoms with Crippen LogP contribution in [0.4, 0.5) is 4.39 Å². The SMILES string of the molecule is NNC(Cc1ccc(Cl)c(Cl)c1)Cc1ccc(F)cc1Br. The normalized spacial score (nSPS) is 12.4. The predicted octanol–water partition coefficient (Wildman–Crippen LogP) is 4.51. The summed E-state index contributed by atoms with van der Waals surface area (Å²) in [7, 11) is 0. The Hall–Kier alpha value is -0.650. The van der Waals surface area contributed by atoms with Gasteiger partial charge in [0, 0.05) is 10.5 Å². The third kappa shape index (κ3) is 4.66. The molecule has 112 valence electrons. The molecule has 2 rings (SSSR count). The Morgan fingerprint density at radius 1 is 1.10 bits per heavy atom. The van der Waals surface area contributed by atoms with E-state index in [0.29, 0.717) is 22.9 Å². The highest BCUT2D eigenvalue weighted by Crippen LogP contribution is 2.24. The predicted molar refractivity (Wildman–Crippen MR) is 89.1 cm³/mol. The highest BCUT2D eigenvalue weighted by atomic mass is 79.9. The van der Waals surface area contributed by atoms with Crippen LogP contribution in [0.15, 0.2) is 40.9 Å². The van der Waals surface area contributed by atoms with Gasteiger partial charge >= 0.3 is 0 Å². The van der Waals surface area contributed by atoms with Crippen LogP contribution in [0.2, 0.25) is 10.0 Å². The minimum Gasteiger partial charge on any atom is -0.271 e. The van der Waals surface area contributed by atoms with E-state index < -0.39 is 0 Å². The minimum atomic E-state index is -0.271. The summed E-state index contributed by atoms with van der Waals surface area (Å²) in [5, 5.41) is 1.05. The first-order valence-corrected chi connectivity index (χ1v) is 7.88. The van der Waals surface area contributed by atoms with Crippen LogP contribution in [-0.2, 0) is 12.8 Å². The van der Waals surface area contributed by atoms with Crippen LogP contribution in [0.5, 0.6) is 0 Å². The summed E-state index contributed by atoms with van der Waals surface area (Å²) in [5.74, 6) is 5.35. The lowest BCUT2D eigenvalue weighted by Gasteiger charge is -2.17. The van der Waals surface area contributed by atoms with Crippen LogP contribution in [-0.4, -0.2) is 6.04 Å². The Morgan fingerprint density at radius 3 is 2.48 bits per heavy atom. The molecule has 2 nitrogen and oxygen atoms in total. The van der Waals surface area contributed by atoms with Gasteiger partial charge < -0.3 is 0 Å². The van der Waals surface area contributed by atoms with Crippen LogP contribution in [0.25, 0.3) is 0 Å². The average molecular weight is 392 g/mol. The molecular weight excluding hydrogens is 378 g/mol. The Balaban J connectivity index is 2.10. The highest BCUT2D eigenvalue weighted by molar-refractivity contribution is 9.10. The van der Waals surface area contributed by atoms with Crippen molar-refractivity contribution in [1.82, 2.24) is 5.43 Å². The van der Waals surface area contributed by atoms with E-state index in [1.165, 1.54) is 12.1 Å². The molecule has 0 heterocycles. The summed E-state index contributed by atoms with van der Waals surface area (Å²) in [6.07, 6.45) is 1.36. The molecular formula is C15H14BrCl2FN2. The van der Waals surface area contributed by atoms with E-state index in [4.69, 9.17) is 29.0 Å². The third-order valence-corrected chi connectivity index (χ3v) is 4.66. The molecule has 0 amide bonds. The minimum absolute atomic E-state index is 0.00371. The molecule has 0 bridgehead atoms. The fourth-order valence-corrected chi connectivity index (χ4v) is 2.93. The van der Waals surface area contributed by atoms with Gasteiger partial charge in [0.05, 0.1) is 10.0 Å². The second-order valence-corrected chi connectivity index (χ2v) is 6.42. The molecule has 6 heteroatoms. The van der Waals surface area contributed by atoms with Gasteiger partial charge in [-0.3, -0.25) is 11.3 Å². The second kappa shape index (κ2) is 7.56. The summed E-state index contributed by atoms with van der Waals surface area (Å²) in [6, 6.07) is 10.1. The third-order valence-electron chi connectivity index (χ3n) is 3.18. The van der Waals surface area contributed by atoms with Crippen LogP contribution < -0.4 is 11.3 Å². The van der Waals surface area contributed by atoms with Crippen molar-refractivity contribution in [3.8, 4) is 0 Å². The molecule has 1 atom stereocenters. The van der Waals surface area contributed by atoms with Crippen LogP contribution >= 0.6 is 39.1 Å². The summed E-state index contributed by atoms with van der Waals surface area (Å²) in [5.41, 5.74) is 4.80. The Kier molecular flexibility index (Phi) is 6.02. The molecule has 0 radical (unpaired) electrons. The molecule has 0 aliphatic carbocycles. The first-order chi connectivity index (χ1) is 9.99. The van der Waals surface area contributed by atoms with Gasteiger partial charge in [0.2, 0.25) is 0 Å². The molecule has 0 aromatic heterocycles. The van der Waals surface area contributed by atoms with Crippen molar-refractivity contribution in [1.29, 1.82) is 0 Å². The van der Waals surface area contributed by atoms with Crippen molar-refractivity contribution in [2.45, 2.75) is 18.9 Å². The van der Waals surface area contributed by atoms with Gasteiger partial charge in [0.1, 0.15) is 5.82 Å². The largest absolute Gasteiger partial charge is 0.271 e. The highest BCUT2D eigenvalue weighted by Gasteiger charge is 2.12. The summed E-state index contributed by atoms with van der Waals surface area (Å²) in [4.78, 5) is 0. The summed E-state index contributed by atoms with van der Waals surface area (Å²) >= 11 is 15.3. The maximum atomic E-state index is 13.1. The smallest absolute Gasteiger partial charge is 0.124 e. The Bertz CT molecular complexity index is 637. The number of hydrogen-bond donors (Lipinski definition) is 2. The number of rotatable bonds is 5. The van der Waals surface area contributed by atoms with Gasteiger partial charge in [-0.15, -0.1) is 0 Å². The molecule has 0 aliphatic rings. The lowest BCUT2D eigenvalue weighted by atomic mass is 9.99. The van der Waals surface area contributed by atoms with Crippen LogP contribution in [0, 0.1) is 5.82 Å². The molecule has 0 fully saturated rings. The lowest BCUT2D eigenvalue weighted by molar-refractivity contribution is 0.521. The zero-order chi connectivity index (χ0) is 15.4. The topological polar surface area (TPSA) is 38.0 Å².